The van der Waals surface area contributed by atoms with Gasteiger partial charge >= 0.3 is 11.9 Å². The van der Waals surface area contributed by atoms with E-state index in [-0.39, 0.29) is 24.2 Å². The summed E-state index contributed by atoms with van der Waals surface area (Å²) in [5, 5.41) is 48.1. The predicted molar refractivity (Wildman–Crippen MR) is 97.1 cm³/mol. The maximum absolute atomic E-state index is 11.3. The van der Waals surface area contributed by atoms with Crippen LogP contribution >= 0.6 is 0 Å². The topological polar surface area (TPSA) is 145 Å². The number of ether oxygens (including phenoxy) is 1. The molecule has 1 aliphatic rings. The van der Waals surface area contributed by atoms with Crippen molar-refractivity contribution in [2.45, 2.75) is 30.8 Å². The van der Waals surface area contributed by atoms with Gasteiger partial charge in [-0.25, -0.2) is 9.59 Å². The molecule has 0 spiro atoms. The molecule has 148 valence electrons. The minimum atomic E-state index is -1.25. The molecule has 1 heterocycles. The summed E-state index contributed by atoms with van der Waals surface area (Å²) in [5.74, 6) is -2.50. The van der Waals surface area contributed by atoms with Crippen LogP contribution in [-0.2, 0) is 4.74 Å². The molecule has 4 unspecified atom stereocenters. The molecule has 1 fully saturated rings. The zero-order valence-corrected chi connectivity index (χ0v) is 14.7. The van der Waals surface area contributed by atoms with Crippen LogP contribution < -0.4 is 0 Å². The molecular formula is C20H20O8. The maximum atomic E-state index is 11.3. The Kier molecular flexibility index (Phi) is 5.76. The van der Waals surface area contributed by atoms with Gasteiger partial charge in [-0.15, -0.1) is 0 Å². The van der Waals surface area contributed by atoms with E-state index in [4.69, 9.17) is 4.74 Å². The number of carbonyl (C=O) groups is 2. The second-order valence-corrected chi connectivity index (χ2v) is 6.69. The molecule has 2 aromatic carbocycles. The van der Waals surface area contributed by atoms with Gasteiger partial charge in [0, 0.05) is 6.42 Å². The van der Waals surface area contributed by atoms with Crippen LogP contribution in [-0.4, -0.2) is 62.4 Å². The molecule has 28 heavy (non-hydrogen) atoms. The molecule has 0 amide bonds. The first-order valence-corrected chi connectivity index (χ1v) is 8.64. The lowest BCUT2D eigenvalue weighted by Crippen LogP contribution is -2.44. The van der Waals surface area contributed by atoms with Crippen molar-refractivity contribution in [1.29, 1.82) is 0 Å². The lowest BCUT2D eigenvalue weighted by Gasteiger charge is -2.37. The third-order valence-corrected chi connectivity index (χ3v) is 4.73. The summed E-state index contributed by atoms with van der Waals surface area (Å²) in [5.41, 5.74) is 1.10. The Bertz CT molecular complexity index is 861. The number of aliphatic hydroxyl groups is 3. The zero-order chi connectivity index (χ0) is 20.4. The molecule has 2 aromatic rings. The highest BCUT2D eigenvalue weighted by Gasteiger charge is 2.37. The summed E-state index contributed by atoms with van der Waals surface area (Å²) in [7, 11) is 0. The van der Waals surface area contributed by atoms with Crippen molar-refractivity contribution in [2.24, 2.45) is 0 Å². The highest BCUT2D eigenvalue weighted by Crippen LogP contribution is 2.34. The minimum Gasteiger partial charge on any atom is -0.478 e. The van der Waals surface area contributed by atoms with E-state index in [0.717, 1.165) is 6.07 Å². The standard InChI is InChI=1S/C20H20O8/c21-9-15-8-16(22)17(23)18(28-15)11-3-1-2-10(4-11)12-5-13(19(24)25)7-14(6-12)20(26)27/h1-7,15-18,21-23H,8-9H2,(H,24,25)(H,26,27). The Morgan fingerprint density at radius 1 is 0.964 bits per heavy atom. The third kappa shape index (κ3) is 4.05. The molecule has 0 bridgehead atoms. The number of benzene rings is 2. The number of aromatic carboxylic acids is 2. The first-order chi connectivity index (χ1) is 13.3. The van der Waals surface area contributed by atoms with Gasteiger partial charge in [-0.1, -0.05) is 18.2 Å². The average molecular weight is 388 g/mol. The van der Waals surface area contributed by atoms with Gasteiger partial charge in [0.1, 0.15) is 12.2 Å². The van der Waals surface area contributed by atoms with Gasteiger partial charge in [-0.3, -0.25) is 0 Å². The zero-order valence-electron chi connectivity index (χ0n) is 14.7. The summed E-state index contributed by atoms with van der Waals surface area (Å²) < 4.78 is 5.67. The number of hydrogen-bond acceptors (Lipinski definition) is 6. The van der Waals surface area contributed by atoms with Crippen LogP contribution in [0.3, 0.4) is 0 Å². The Balaban J connectivity index is 2.02. The van der Waals surface area contributed by atoms with Gasteiger partial charge in [0.2, 0.25) is 0 Å². The van der Waals surface area contributed by atoms with E-state index in [0.29, 0.717) is 16.7 Å². The summed E-state index contributed by atoms with van der Waals surface area (Å²) >= 11 is 0. The van der Waals surface area contributed by atoms with Crippen LogP contribution in [0.15, 0.2) is 42.5 Å². The largest absolute Gasteiger partial charge is 0.478 e. The van der Waals surface area contributed by atoms with Gasteiger partial charge in [0.15, 0.2) is 0 Å². The quantitative estimate of drug-likeness (QED) is 0.515. The Hall–Kier alpha value is -2.78. The summed E-state index contributed by atoms with van der Waals surface area (Å²) in [6.07, 6.45) is -3.66. The smallest absolute Gasteiger partial charge is 0.335 e. The van der Waals surface area contributed by atoms with Crippen LogP contribution in [0.4, 0.5) is 0 Å². The van der Waals surface area contributed by atoms with E-state index in [9.17, 15) is 35.1 Å². The molecule has 8 nitrogen and oxygen atoms in total. The fourth-order valence-electron chi connectivity index (χ4n) is 3.28. The molecule has 8 heteroatoms. The van der Waals surface area contributed by atoms with Crippen LogP contribution in [0.5, 0.6) is 0 Å². The van der Waals surface area contributed by atoms with Gasteiger partial charge < -0.3 is 30.3 Å². The Morgan fingerprint density at radius 2 is 1.61 bits per heavy atom. The highest BCUT2D eigenvalue weighted by molar-refractivity contribution is 5.96. The molecule has 1 saturated heterocycles. The Morgan fingerprint density at radius 3 is 2.18 bits per heavy atom. The molecule has 5 N–H and O–H groups in total. The van der Waals surface area contributed by atoms with Crippen LogP contribution in [0, 0.1) is 0 Å². The van der Waals surface area contributed by atoms with E-state index in [2.05, 4.69) is 0 Å². The first-order valence-electron chi connectivity index (χ1n) is 8.64. The summed E-state index contributed by atoms with van der Waals surface area (Å²) in [6, 6.07) is 10.4. The van der Waals surface area contributed by atoms with Crippen molar-refractivity contribution < 1.29 is 39.9 Å². The second-order valence-electron chi connectivity index (χ2n) is 6.69. The van der Waals surface area contributed by atoms with Gasteiger partial charge in [0.25, 0.3) is 0 Å². The molecule has 0 aliphatic carbocycles. The van der Waals surface area contributed by atoms with Gasteiger partial charge in [0.05, 0.1) is 29.9 Å². The lowest BCUT2D eigenvalue weighted by atomic mass is 9.91. The SMILES string of the molecule is O=C(O)c1cc(C(=O)O)cc(-c2cccc(C3OC(CO)CC(O)C3O)c2)c1. The van der Waals surface area contributed by atoms with Crippen molar-refractivity contribution in [1.82, 2.24) is 0 Å². The molecule has 0 saturated carbocycles. The fourth-order valence-corrected chi connectivity index (χ4v) is 3.28. The number of rotatable bonds is 5. The summed E-state index contributed by atoms with van der Waals surface area (Å²) in [4.78, 5) is 22.6. The van der Waals surface area contributed by atoms with Crippen molar-refractivity contribution >= 4 is 11.9 Å². The summed E-state index contributed by atoms with van der Waals surface area (Å²) in [6.45, 7) is -0.303. The molecule has 1 aliphatic heterocycles. The maximum Gasteiger partial charge on any atom is 0.335 e. The first kappa shape index (κ1) is 20.0. The van der Waals surface area contributed by atoms with Crippen LogP contribution in [0.25, 0.3) is 11.1 Å². The number of aliphatic hydroxyl groups excluding tert-OH is 3. The van der Waals surface area contributed by atoms with Crippen molar-refractivity contribution in [3.8, 4) is 11.1 Å². The van der Waals surface area contributed by atoms with Crippen LogP contribution in [0.2, 0.25) is 0 Å². The van der Waals surface area contributed by atoms with E-state index in [1.54, 1.807) is 24.3 Å². The minimum absolute atomic E-state index is 0.108. The predicted octanol–water partition coefficient (Wildman–Crippen LogP) is 1.29. The second kappa shape index (κ2) is 8.07. The fraction of sp³-hybridized carbons (Fsp3) is 0.300. The van der Waals surface area contributed by atoms with Gasteiger partial charge in [-0.05, 0) is 41.0 Å². The molecular weight excluding hydrogens is 368 g/mol. The number of hydrogen-bond donors (Lipinski definition) is 5. The van der Waals surface area contributed by atoms with E-state index in [1.165, 1.54) is 12.1 Å². The van der Waals surface area contributed by atoms with Crippen molar-refractivity contribution in [3.63, 3.8) is 0 Å². The molecule has 4 atom stereocenters. The normalized spacial score (nSPS) is 24.7. The molecule has 0 aromatic heterocycles. The molecule has 3 rings (SSSR count). The van der Waals surface area contributed by atoms with E-state index < -0.39 is 36.4 Å². The third-order valence-electron chi connectivity index (χ3n) is 4.73. The average Bonchev–Trinajstić information content (AvgIpc) is 2.69. The number of carboxylic acids is 2. The number of carboxylic acid groups (broad SMARTS) is 2. The highest BCUT2D eigenvalue weighted by atomic mass is 16.5. The molecule has 0 radical (unpaired) electrons. The van der Waals surface area contributed by atoms with E-state index in [1.807, 2.05) is 0 Å². The van der Waals surface area contributed by atoms with Gasteiger partial charge in [-0.2, -0.15) is 0 Å². The lowest BCUT2D eigenvalue weighted by molar-refractivity contribution is -0.179. The van der Waals surface area contributed by atoms with Crippen molar-refractivity contribution in [3.05, 3.63) is 59.2 Å². The van der Waals surface area contributed by atoms with Crippen molar-refractivity contribution in [2.75, 3.05) is 6.61 Å². The Labute approximate surface area is 160 Å². The van der Waals surface area contributed by atoms with Crippen LogP contribution in [0.1, 0.15) is 38.8 Å². The monoisotopic (exact) mass is 388 g/mol. The van der Waals surface area contributed by atoms with E-state index >= 15 is 0 Å².